The molecule has 0 amide bonds. The molecule has 7 heteroatoms. The number of furan rings is 1. The molecule has 134 valence electrons. The van der Waals surface area contributed by atoms with E-state index in [0.29, 0.717) is 16.5 Å². The Morgan fingerprint density at radius 3 is 2.78 bits per heavy atom. The molecule has 0 bridgehead atoms. The first-order chi connectivity index (χ1) is 13.0. The van der Waals surface area contributed by atoms with Crippen LogP contribution in [0.5, 0.6) is 5.75 Å². The average molecular weight is 380 g/mol. The minimum atomic E-state index is -0.320. The number of nitrogens with zero attached hydrogens (tertiary/aromatic N) is 2. The molecule has 3 heterocycles. The number of ketones is 1. The van der Waals surface area contributed by atoms with Crippen molar-refractivity contribution in [3.8, 4) is 5.75 Å². The highest BCUT2D eigenvalue weighted by atomic mass is 35.5. The molecule has 0 spiro atoms. The molecule has 2 N–H and O–H groups in total. The minimum Gasteiger partial charge on any atom is -0.504 e. The summed E-state index contributed by atoms with van der Waals surface area (Å²) in [6.45, 7) is 1.37. The van der Waals surface area contributed by atoms with E-state index in [4.69, 9.17) is 16.0 Å². The van der Waals surface area contributed by atoms with Crippen LogP contribution in [0.3, 0.4) is 0 Å². The molecule has 0 aliphatic carbocycles. The molecule has 0 unspecified atom stereocenters. The van der Waals surface area contributed by atoms with E-state index >= 15 is 0 Å². The van der Waals surface area contributed by atoms with Crippen LogP contribution in [0.25, 0.3) is 11.6 Å². The zero-order valence-corrected chi connectivity index (χ0v) is 15.0. The highest BCUT2D eigenvalue weighted by molar-refractivity contribution is 6.30. The number of anilines is 2. The quantitative estimate of drug-likeness (QED) is 0.605. The number of hydrogen-bond acceptors (Lipinski definition) is 6. The van der Waals surface area contributed by atoms with Gasteiger partial charge < -0.3 is 14.8 Å². The number of aromatic hydroxyl groups is 1. The van der Waals surface area contributed by atoms with Crippen LogP contribution < -0.4 is 5.32 Å². The molecule has 6 nitrogen and oxygen atoms in total. The lowest BCUT2D eigenvalue weighted by molar-refractivity contribution is 0.101. The molecular weight excluding hydrogens is 366 g/mol. The van der Waals surface area contributed by atoms with Gasteiger partial charge in [-0.15, -0.1) is 0 Å². The number of nitrogens with one attached hydrogen (secondary N) is 1. The maximum Gasteiger partial charge on any atom is 0.212 e. The number of aliphatic imine (C=N–C) groups is 1. The van der Waals surface area contributed by atoms with Crippen LogP contribution in [-0.2, 0) is 0 Å². The van der Waals surface area contributed by atoms with Crippen molar-refractivity contribution in [1.29, 1.82) is 0 Å². The Balaban J connectivity index is 1.75. The topological polar surface area (TPSA) is 87.7 Å². The summed E-state index contributed by atoms with van der Waals surface area (Å²) in [5.41, 5.74) is 2.31. The number of carbonyl (C=O) groups is 1. The highest BCUT2D eigenvalue weighted by Gasteiger charge is 2.24. The fraction of sp³-hybridized carbons (Fsp3) is 0.0500. The lowest BCUT2D eigenvalue weighted by atomic mass is 10.1. The molecule has 3 aromatic rings. The van der Waals surface area contributed by atoms with E-state index in [-0.39, 0.29) is 28.7 Å². The number of rotatable bonds is 4. The summed E-state index contributed by atoms with van der Waals surface area (Å²) >= 11 is 5.89. The third-order valence-corrected chi connectivity index (χ3v) is 4.33. The van der Waals surface area contributed by atoms with E-state index in [1.54, 1.807) is 48.8 Å². The lowest BCUT2D eigenvalue weighted by Crippen LogP contribution is -1.97. The fourth-order valence-electron chi connectivity index (χ4n) is 2.80. The van der Waals surface area contributed by atoms with Crippen LogP contribution in [0, 0.1) is 0 Å². The molecule has 0 fully saturated rings. The predicted molar refractivity (Wildman–Crippen MR) is 105 cm³/mol. The van der Waals surface area contributed by atoms with Crippen molar-refractivity contribution in [2.24, 2.45) is 4.99 Å². The number of Topliss-reactive ketones (excluding diaryl/α,β-unsaturated/α-hetero) is 1. The lowest BCUT2D eigenvalue weighted by Gasteiger charge is -2.04. The van der Waals surface area contributed by atoms with Crippen LogP contribution in [0.2, 0.25) is 5.02 Å². The van der Waals surface area contributed by atoms with Gasteiger partial charge in [-0.3, -0.25) is 4.79 Å². The Bertz CT molecular complexity index is 1100. The van der Waals surface area contributed by atoms with Crippen molar-refractivity contribution in [1.82, 2.24) is 4.98 Å². The van der Waals surface area contributed by atoms with Gasteiger partial charge in [0.05, 0.1) is 0 Å². The Morgan fingerprint density at radius 1 is 1.26 bits per heavy atom. The summed E-state index contributed by atoms with van der Waals surface area (Å²) in [5.74, 6) is 0.378. The number of aromatic nitrogens is 1. The number of halogens is 1. The number of allylic oxidation sites excluding steroid dienone is 1. The van der Waals surface area contributed by atoms with Gasteiger partial charge in [-0.25, -0.2) is 9.98 Å². The van der Waals surface area contributed by atoms with Crippen LogP contribution >= 0.6 is 11.6 Å². The van der Waals surface area contributed by atoms with Gasteiger partial charge in [0.1, 0.15) is 5.56 Å². The molecule has 0 atom stereocenters. The van der Waals surface area contributed by atoms with Gasteiger partial charge in [0.2, 0.25) is 5.88 Å². The second-order valence-electron chi connectivity index (χ2n) is 5.94. The van der Waals surface area contributed by atoms with Crippen LogP contribution in [0.1, 0.15) is 28.6 Å². The molecule has 1 aromatic carbocycles. The average Bonchev–Trinajstić information content (AvgIpc) is 3.19. The number of carbonyl (C=O) groups excluding carboxylic acids is 1. The second-order valence-corrected chi connectivity index (χ2v) is 6.38. The van der Waals surface area contributed by atoms with Crippen LogP contribution in [0.15, 0.2) is 52.0 Å². The molecule has 4 rings (SSSR count). The fourth-order valence-corrected chi connectivity index (χ4v) is 2.92. The van der Waals surface area contributed by atoms with Crippen LogP contribution in [-0.4, -0.2) is 22.1 Å². The Hall–Kier alpha value is -3.38. The van der Waals surface area contributed by atoms with E-state index in [1.165, 1.54) is 6.92 Å². The van der Waals surface area contributed by atoms with Crippen molar-refractivity contribution < 1.29 is 14.3 Å². The van der Waals surface area contributed by atoms with Gasteiger partial charge in [-0.2, -0.15) is 0 Å². The normalized spacial score (nSPS) is 13.8. The van der Waals surface area contributed by atoms with Gasteiger partial charge in [0.15, 0.2) is 23.1 Å². The van der Waals surface area contributed by atoms with Crippen molar-refractivity contribution in [2.75, 3.05) is 5.32 Å². The standard InChI is InChI=1S/C20H14ClN3O3/c1-11(25)17-18(26)16(9-12-10-23-19-15(12)3-2-8-22-19)27-20(17)24-14-6-4-13(21)5-7-14/h2-10,24,26H,1H3. The number of benzene rings is 1. The monoisotopic (exact) mass is 379 g/mol. The third-order valence-electron chi connectivity index (χ3n) is 4.07. The number of hydrogen-bond donors (Lipinski definition) is 2. The van der Waals surface area contributed by atoms with E-state index in [0.717, 1.165) is 11.1 Å². The van der Waals surface area contributed by atoms with Crippen molar-refractivity contribution in [3.05, 3.63) is 64.5 Å². The predicted octanol–water partition coefficient (Wildman–Crippen LogP) is 5.24. The second kappa shape index (κ2) is 6.74. The molecular formula is C20H14ClN3O3. The maximum atomic E-state index is 12.0. The summed E-state index contributed by atoms with van der Waals surface area (Å²) in [7, 11) is 0. The van der Waals surface area contributed by atoms with E-state index in [9.17, 15) is 9.90 Å². The van der Waals surface area contributed by atoms with E-state index in [1.807, 2.05) is 6.07 Å². The van der Waals surface area contributed by atoms with Gasteiger partial charge in [0.25, 0.3) is 0 Å². The van der Waals surface area contributed by atoms with E-state index in [2.05, 4.69) is 15.3 Å². The molecule has 0 saturated heterocycles. The zero-order valence-electron chi connectivity index (χ0n) is 14.2. The molecule has 27 heavy (non-hydrogen) atoms. The molecule has 0 saturated carbocycles. The first-order valence-electron chi connectivity index (χ1n) is 8.13. The minimum absolute atomic E-state index is 0.0816. The number of pyridine rings is 1. The molecule has 2 aromatic heterocycles. The van der Waals surface area contributed by atoms with Crippen LogP contribution in [0.4, 0.5) is 17.4 Å². The SMILES string of the molecule is CC(=O)c1c(Nc2ccc(Cl)cc2)oc(C=C2C=Nc3ncccc32)c1O. The van der Waals surface area contributed by atoms with Gasteiger partial charge in [0, 0.05) is 34.3 Å². The maximum absolute atomic E-state index is 12.0. The summed E-state index contributed by atoms with van der Waals surface area (Å²) in [6.07, 6.45) is 4.93. The van der Waals surface area contributed by atoms with Gasteiger partial charge in [-0.1, -0.05) is 11.6 Å². The Morgan fingerprint density at radius 2 is 2.04 bits per heavy atom. The first kappa shape index (κ1) is 17.1. The number of fused-ring (bicyclic) bond motifs is 1. The molecule has 1 aliphatic rings. The summed E-state index contributed by atoms with van der Waals surface area (Å²) in [6, 6.07) is 10.6. The summed E-state index contributed by atoms with van der Waals surface area (Å²) in [5, 5.41) is 14.1. The first-order valence-corrected chi connectivity index (χ1v) is 8.51. The molecule has 0 radical (unpaired) electrons. The van der Waals surface area contributed by atoms with Gasteiger partial charge in [-0.05, 0) is 49.4 Å². The highest BCUT2D eigenvalue weighted by Crippen LogP contribution is 2.39. The Kier molecular flexibility index (Phi) is 4.25. The zero-order chi connectivity index (χ0) is 19.0. The molecule has 1 aliphatic heterocycles. The van der Waals surface area contributed by atoms with Crippen molar-refractivity contribution in [3.63, 3.8) is 0 Å². The summed E-state index contributed by atoms with van der Waals surface area (Å²) < 4.78 is 5.74. The van der Waals surface area contributed by atoms with E-state index < -0.39 is 0 Å². The third kappa shape index (κ3) is 3.22. The smallest absolute Gasteiger partial charge is 0.212 e. The van der Waals surface area contributed by atoms with Gasteiger partial charge >= 0.3 is 0 Å². The van der Waals surface area contributed by atoms with Crippen molar-refractivity contribution >= 4 is 52.6 Å². The largest absolute Gasteiger partial charge is 0.504 e. The van der Waals surface area contributed by atoms with Crippen molar-refractivity contribution in [2.45, 2.75) is 6.92 Å². The Labute approximate surface area is 159 Å². The summed E-state index contributed by atoms with van der Waals surface area (Å²) in [4.78, 5) is 20.4.